The van der Waals surface area contributed by atoms with Crippen molar-refractivity contribution in [1.82, 2.24) is 9.78 Å². The lowest BCUT2D eigenvalue weighted by Crippen LogP contribution is -2.32. The maximum Gasteiger partial charge on any atom is 0.435 e. The lowest BCUT2D eigenvalue weighted by Gasteiger charge is -2.13. The number of ether oxygens (including phenoxy) is 1. The number of hydrogen-bond acceptors (Lipinski definition) is 4. The zero-order chi connectivity index (χ0) is 13.2. The number of alkyl halides is 3. The minimum atomic E-state index is -4.68. The fourth-order valence-corrected chi connectivity index (χ4v) is 1.12. The molecule has 0 spiro atoms. The minimum absolute atomic E-state index is 0.439. The van der Waals surface area contributed by atoms with E-state index in [1.165, 1.54) is 6.92 Å². The van der Waals surface area contributed by atoms with Crippen LogP contribution in [0, 0.1) is 0 Å². The summed E-state index contributed by atoms with van der Waals surface area (Å²) in [6, 6.07) is 0.0489. The summed E-state index contributed by atoms with van der Waals surface area (Å²) in [5.41, 5.74) is -2.05. The van der Waals surface area contributed by atoms with E-state index in [-0.39, 0.29) is 0 Å². The minimum Gasteiger partial charge on any atom is -0.467 e. The molecule has 0 saturated heterocycles. The zero-order valence-electron chi connectivity index (χ0n) is 8.99. The summed E-state index contributed by atoms with van der Waals surface area (Å²) < 4.78 is 41.8. The molecule has 8 heteroatoms. The Labute approximate surface area is 93.8 Å². The average Bonchev–Trinajstić information content (AvgIpc) is 2.26. The third-order valence-corrected chi connectivity index (χ3v) is 2.02. The van der Waals surface area contributed by atoms with E-state index in [0.29, 0.717) is 16.8 Å². The van der Waals surface area contributed by atoms with E-state index in [9.17, 15) is 22.8 Å². The van der Waals surface area contributed by atoms with E-state index in [1.54, 1.807) is 0 Å². The van der Waals surface area contributed by atoms with Crippen molar-refractivity contribution in [3.05, 3.63) is 28.2 Å². The molecule has 0 bridgehead atoms. The number of carbonyl (C=O) groups excluding carboxylic acids is 1. The average molecular weight is 250 g/mol. The molecule has 0 unspecified atom stereocenters. The molecular weight excluding hydrogens is 241 g/mol. The van der Waals surface area contributed by atoms with Crippen molar-refractivity contribution in [1.29, 1.82) is 0 Å². The van der Waals surface area contributed by atoms with Crippen molar-refractivity contribution < 1.29 is 22.7 Å². The molecule has 1 aromatic rings. The largest absolute Gasteiger partial charge is 0.467 e. The van der Waals surface area contributed by atoms with Crippen LogP contribution in [0.2, 0.25) is 0 Å². The quantitative estimate of drug-likeness (QED) is 0.734. The maximum atomic E-state index is 12.4. The highest BCUT2D eigenvalue weighted by molar-refractivity contribution is 5.73. The van der Waals surface area contributed by atoms with Gasteiger partial charge in [-0.05, 0) is 13.0 Å². The molecule has 5 nitrogen and oxygen atoms in total. The van der Waals surface area contributed by atoms with Gasteiger partial charge in [0.05, 0.1) is 7.11 Å². The van der Waals surface area contributed by atoms with Gasteiger partial charge in [0.25, 0.3) is 5.56 Å². The second-order valence-electron chi connectivity index (χ2n) is 3.20. The van der Waals surface area contributed by atoms with Gasteiger partial charge in [-0.15, -0.1) is 0 Å². The summed E-state index contributed by atoms with van der Waals surface area (Å²) in [5.74, 6) is -0.848. The molecule has 1 rings (SSSR count). The first-order valence-corrected chi connectivity index (χ1v) is 4.52. The number of hydrogen-bond donors (Lipinski definition) is 0. The van der Waals surface area contributed by atoms with Crippen LogP contribution in [0.15, 0.2) is 16.9 Å². The van der Waals surface area contributed by atoms with Gasteiger partial charge >= 0.3 is 12.1 Å². The number of rotatable bonds is 2. The van der Waals surface area contributed by atoms with E-state index in [1.807, 2.05) is 0 Å². The second-order valence-corrected chi connectivity index (χ2v) is 3.20. The highest BCUT2D eigenvalue weighted by atomic mass is 19.4. The summed E-state index contributed by atoms with van der Waals surface area (Å²) >= 11 is 0. The van der Waals surface area contributed by atoms with Crippen LogP contribution in [0.1, 0.15) is 18.7 Å². The van der Waals surface area contributed by atoms with Crippen LogP contribution in [0.4, 0.5) is 13.2 Å². The maximum absolute atomic E-state index is 12.4. The lowest BCUT2D eigenvalue weighted by molar-refractivity contribution is -0.147. The van der Waals surface area contributed by atoms with Crippen LogP contribution in [-0.2, 0) is 15.7 Å². The molecule has 0 aliphatic carbocycles. The van der Waals surface area contributed by atoms with Gasteiger partial charge in [0.15, 0.2) is 11.7 Å². The Morgan fingerprint density at radius 1 is 1.47 bits per heavy atom. The molecule has 0 aliphatic rings. The molecule has 94 valence electrons. The second kappa shape index (κ2) is 4.56. The van der Waals surface area contributed by atoms with E-state index in [0.717, 1.165) is 7.11 Å². The van der Waals surface area contributed by atoms with Gasteiger partial charge in [0, 0.05) is 6.07 Å². The SMILES string of the molecule is COC(=O)[C@@H](C)n1nc(C(F)(F)F)ccc1=O. The Balaban J connectivity index is 3.25. The molecule has 0 radical (unpaired) electrons. The normalized spacial score (nSPS) is 13.2. The fraction of sp³-hybridized carbons (Fsp3) is 0.444. The van der Waals surface area contributed by atoms with Gasteiger partial charge in [-0.2, -0.15) is 18.3 Å². The number of halogens is 3. The first-order valence-electron chi connectivity index (χ1n) is 4.52. The molecule has 0 fully saturated rings. The van der Waals surface area contributed by atoms with E-state index in [2.05, 4.69) is 9.84 Å². The molecule has 1 atom stereocenters. The molecule has 0 saturated carbocycles. The Morgan fingerprint density at radius 3 is 2.53 bits per heavy atom. The van der Waals surface area contributed by atoms with Crippen molar-refractivity contribution >= 4 is 5.97 Å². The number of aromatic nitrogens is 2. The summed E-state index contributed by atoms with van der Waals surface area (Å²) in [6.45, 7) is 1.22. The predicted molar refractivity (Wildman–Crippen MR) is 50.2 cm³/mol. The standard InChI is InChI=1S/C9H9F3N2O3/c1-5(8(16)17-2)14-7(15)4-3-6(13-14)9(10,11)12/h3-5H,1-2H3/t5-/m1/s1. The predicted octanol–water partition coefficient (Wildman–Crippen LogP) is 0.996. The first-order chi connectivity index (χ1) is 7.77. The molecule has 0 aliphatic heterocycles. The van der Waals surface area contributed by atoms with Crippen LogP contribution in [0.3, 0.4) is 0 Å². The van der Waals surface area contributed by atoms with Crippen LogP contribution < -0.4 is 5.56 Å². The van der Waals surface area contributed by atoms with Gasteiger partial charge in [0.2, 0.25) is 0 Å². The Morgan fingerprint density at radius 2 is 2.06 bits per heavy atom. The number of nitrogens with zero attached hydrogens (tertiary/aromatic N) is 2. The van der Waals surface area contributed by atoms with Crippen LogP contribution in [0.25, 0.3) is 0 Å². The van der Waals surface area contributed by atoms with E-state index >= 15 is 0 Å². The van der Waals surface area contributed by atoms with Gasteiger partial charge in [-0.1, -0.05) is 0 Å². The van der Waals surface area contributed by atoms with Gasteiger partial charge in [-0.3, -0.25) is 4.79 Å². The summed E-state index contributed by atoms with van der Waals surface area (Å²) in [7, 11) is 1.07. The van der Waals surface area contributed by atoms with Crippen molar-refractivity contribution in [2.24, 2.45) is 0 Å². The lowest BCUT2D eigenvalue weighted by atomic mass is 10.3. The van der Waals surface area contributed by atoms with Crippen molar-refractivity contribution in [3.8, 4) is 0 Å². The summed E-state index contributed by atoms with van der Waals surface area (Å²) in [6.07, 6.45) is -4.68. The summed E-state index contributed by atoms with van der Waals surface area (Å²) in [4.78, 5) is 22.4. The van der Waals surface area contributed by atoms with Crippen LogP contribution in [0.5, 0.6) is 0 Å². The first kappa shape index (κ1) is 13.2. The molecule has 0 amide bonds. The highest BCUT2D eigenvalue weighted by Gasteiger charge is 2.34. The molecule has 0 aromatic carbocycles. The smallest absolute Gasteiger partial charge is 0.435 e. The topological polar surface area (TPSA) is 61.2 Å². The fourth-order valence-electron chi connectivity index (χ4n) is 1.12. The van der Waals surface area contributed by atoms with E-state index < -0.39 is 29.4 Å². The Kier molecular flexibility index (Phi) is 3.54. The number of methoxy groups -OCH3 is 1. The highest BCUT2D eigenvalue weighted by Crippen LogP contribution is 2.26. The van der Waals surface area contributed by atoms with Gasteiger partial charge < -0.3 is 4.74 Å². The monoisotopic (exact) mass is 250 g/mol. The molecule has 1 aromatic heterocycles. The van der Waals surface area contributed by atoms with Crippen LogP contribution >= 0.6 is 0 Å². The molecule has 1 heterocycles. The molecular formula is C9H9F3N2O3. The number of carbonyl (C=O) groups is 1. The van der Waals surface area contributed by atoms with E-state index in [4.69, 9.17) is 0 Å². The van der Waals surface area contributed by atoms with Gasteiger partial charge in [-0.25, -0.2) is 9.48 Å². The van der Waals surface area contributed by atoms with Crippen molar-refractivity contribution in [3.63, 3.8) is 0 Å². The molecule has 0 N–H and O–H groups in total. The third-order valence-electron chi connectivity index (χ3n) is 2.02. The van der Waals surface area contributed by atoms with Crippen molar-refractivity contribution in [2.75, 3.05) is 7.11 Å². The third kappa shape index (κ3) is 2.83. The number of esters is 1. The zero-order valence-corrected chi connectivity index (χ0v) is 8.99. The molecule has 17 heavy (non-hydrogen) atoms. The summed E-state index contributed by atoms with van der Waals surface area (Å²) in [5, 5.41) is 3.09. The Bertz CT molecular complexity index is 481. The van der Waals surface area contributed by atoms with Crippen LogP contribution in [-0.4, -0.2) is 22.9 Å². The van der Waals surface area contributed by atoms with Gasteiger partial charge in [0.1, 0.15) is 0 Å². The Hall–Kier alpha value is -1.86. The van der Waals surface area contributed by atoms with Crippen molar-refractivity contribution in [2.45, 2.75) is 19.1 Å².